The molecule has 25 heavy (non-hydrogen) atoms. The van der Waals surface area contributed by atoms with E-state index in [0.717, 1.165) is 4.68 Å². The minimum Gasteiger partial charge on any atom is -0.480 e. The van der Waals surface area contributed by atoms with Crippen molar-refractivity contribution in [3.05, 3.63) is 34.9 Å². The molecule has 1 amide bonds. The van der Waals surface area contributed by atoms with E-state index in [1.54, 1.807) is 24.4 Å². The van der Waals surface area contributed by atoms with Gasteiger partial charge in [0.15, 0.2) is 5.65 Å². The Morgan fingerprint density at radius 2 is 2.16 bits per heavy atom. The van der Waals surface area contributed by atoms with Crippen LogP contribution in [0.1, 0.15) is 19.8 Å². The lowest BCUT2D eigenvalue weighted by Gasteiger charge is -2.42. The quantitative estimate of drug-likeness (QED) is 0.702. The van der Waals surface area contributed by atoms with Crippen LogP contribution >= 0.6 is 0 Å². The van der Waals surface area contributed by atoms with Gasteiger partial charge < -0.3 is 10.4 Å². The largest absolute Gasteiger partial charge is 0.480 e. The molecule has 1 aliphatic carbocycles. The Balaban J connectivity index is 1.53. The number of carboxylic acid groups (broad SMARTS) is 1. The number of nitrogens with zero attached hydrogens (tertiary/aromatic N) is 4. The molecule has 0 unspecified atom stereocenters. The van der Waals surface area contributed by atoms with Crippen molar-refractivity contribution in [1.29, 1.82) is 0 Å². The fraction of sp³-hybridized carbons (Fsp3) is 0.500. The molecule has 9 heteroatoms. The van der Waals surface area contributed by atoms with E-state index < -0.39 is 5.97 Å². The summed E-state index contributed by atoms with van der Waals surface area (Å²) < 4.78 is 2.53. The van der Waals surface area contributed by atoms with Gasteiger partial charge in [-0.25, -0.2) is 9.48 Å². The summed E-state index contributed by atoms with van der Waals surface area (Å²) in [5.41, 5.74) is 0.145. The van der Waals surface area contributed by atoms with Gasteiger partial charge in [0.25, 0.3) is 0 Å². The van der Waals surface area contributed by atoms with Gasteiger partial charge in [0.2, 0.25) is 5.91 Å². The smallest absolute Gasteiger partial charge is 0.350 e. The van der Waals surface area contributed by atoms with Crippen LogP contribution in [0.25, 0.3) is 5.65 Å². The summed E-state index contributed by atoms with van der Waals surface area (Å²) in [5, 5.41) is 15.9. The molecule has 0 saturated heterocycles. The average Bonchev–Trinajstić information content (AvgIpc) is 2.85. The lowest BCUT2D eigenvalue weighted by Crippen LogP contribution is -2.55. The number of aliphatic carboxylic acids is 1. The van der Waals surface area contributed by atoms with E-state index in [2.05, 4.69) is 10.4 Å². The van der Waals surface area contributed by atoms with Gasteiger partial charge in [-0.05, 0) is 31.5 Å². The molecule has 0 aromatic carbocycles. The minimum atomic E-state index is -0.847. The van der Waals surface area contributed by atoms with E-state index in [0.29, 0.717) is 25.0 Å². The monoisotopic (exact) mass is 347 g/mol. The molecule has 9 nitrogen and oxygen atoms in total. The van der Waals surface area contributed by atoms with Crippen molar-refractivity contribution in [3.8, 4) is 0 Å². The number of hydrogen-bond donors (Lipinski definition) is 2. The van der Waals surface area contributed by atoms with Gasteiger partial charge in [0.05, 0.1) is 6.54 Å². The first-order valence-corrected chi connectivity index (χ1v) is 8.27. The molecule has 0 radical (unpaired) electrons. The molecular formula is C16H21N5O4. The number of pyridine rings is 1. The van der Waals surface area contributed by atoms with Crippen molar-refractivity contribution in [2.45, 2.75) is 38.4 Å². The third kappa shape index (κ3) is 3.71. The minimum absolute atomic E-state index is 0.00748. The molecule has 2 heterocycles. The third-order valence-corrected chi connectivity index (χ3v) is 4.52. The Labute approximate surface area is 143 Å². The van der Waals surface area contributed by atoms with Crippen molar-refractivity contribution in [2.24, 2.45) is 0 Å². The average molecular weight is 347 g/mol. The van der Waals surface area contributed by atoms with Crippen LogP contribution in [0.5, 0.6) is 0 Å². The molecule has 0 spiro atoms. The second-order valence-electron chi connectivity index (χ2n) is 6.22. The molecule has 1 aliphatic rings. The van der Waals surface area contributed by atoms with Crippen molar-refractivity contribution in [1.82, 2.24) is 24.4 Å². The molecule has 134 valence electrons. The molecule has 0 aliphatic heterocycles. The maximum atomic E-state index is 12.1. The van der Waals surface area contributed by atoms with Gasteiger partial charge >= 0.3 is 11.7 Å². The first kappa shape index (κ1) is 17.2. The van der Waals surface area contributed by atoms with E-state index >= 15 is 0 Å². The summed E-state index contributed by atoms with van der Waals surface area (Å²) in [4.78, 5) is 37.0. The normalized spacial score (nSPS) is 19.8. The van der Waals surface area contributed by atoms with Gasteiger partial charge in [0.1, 0.15) is 6.54 Å². The molecule has 0 atom stereocenters. The standard InChI is InChI=1S/C16H21N5O4/c1-2-19(10-15(23)24)12-7-11(8-12)17-14(22)9-21-16(25)20-6-4-3-5-13(20)18-21/h3-6,11-12H,2,7-10H2,1H3,(H,17,22)(H,23,24). The highest BCUT2D eigenvalue weighted by Crippen LogP contribution is 2.25. The first-order chi connectivity index (χ1) is 12.0. The Hall–Kier alpha value is -2.68. The molecule has 3 rings (SSSR count). The number of likely N-dealkylation sites (N-methyl/N-ethyl adjacent to an activating group) is 1. The van der Waals surface area contributed by atoms with Crippen LogP contribution in [-0.4, -0.2) is 61.2 Å². The summed E-state index contributed by atoms with van der Waals surface area (Å²) >= 11 is 0. The number of aromatic nitrogens is 3. The van der Waals surface area contributed by atoms with Crippen molar-refractivity contribution >= 4 is 17.5 Å². The van der Waals surface area contributed by atoms with E-state index in [1.807, 2.05) is 11.8 Å². The van der Waals surface area contributed by atoms with Crippen LogP contribution in [-0.2, 0) is 16.1 Å². The zero-order chi connectivity index (χ0) is 18.0. The number of amides is 1. The van der Waals surface area contributed by atoms with Gasteiger partial charge in [-0.2, -0.15) is 0 Å². The lowest BCUT2D eigenvalue weighted by molar-refractivity contribution is -0.139. The number of carboxylic acids is 1. The molecule has 2 aromatic rings. The van der Waals surface area contributed by atoms with Crippen LogP contribution in [0.2, 0.25) is 0 Å². The van der Waals surface area contributed by atoms with Crippen LogP contribution in [0.4, 0.5) is 0 Å². The van der Waals surface area contributed by atoms with Gasteiger partial charge in [-0.15, -0.1) is 5.10 Å². The van der Waals surface area contributed by atoms with Crippen molar-refractivity contribution in [2.75, 3.05) is 13.1 Å². The predicted octanol–water partition coefficient (Wildman–Crippen LogP) is -0.450. The number of nitrogens with one attached hydrogen (secondary N) is 1. The summed E-state index contributed by atoms with van der Waals surface area (Å²) in [5.74, 6) is -1.12. The second kappa shape index (κ2) is 7.06. The summed E-state index contributed by atoms with van der Waals surface area (Å²) in [6.07, 6.45) is 3.04. The Morgan fingerprint density at radius 3 is 2.80 bits per heavy atom. The summed E-state index contributed by atoms with van der Waals surface area (Å²) in [6, 6.07) is 5.38. The Bertz CT molecular complexity index is 836. The summed E-state index contributed by atoms with van der Waals surface area (Å²) in [6.45, 7) is 2.46. The topological polar surface area (TPSA) is 109 Å². The molecule has 1 fully saturated rings. The van der Waals surface area contributed by atoms with Crippen molar-refractivity contribution in [3.63, 3.8) is 0 Å². The Morgan fingerprint density at radius 1 is 1.40 bits per heavy atom. The predicted molar refractivity (Wildman–Crippen MR) is 89.3 cm³/mol. The third-order valence-electron chi connectivity index (χ3n) is 4.52. The maximum absolute atomic E-state index is 12.1. The number of carbonyl (C=O) groups excluding carboxylic acids is 1. The highest BCUT2D eigenvalue weighted by molar-refractivity contribution is 5.76. The SMILES string of the molecule is CCN(CC(=O)O)C1CC(NC(=O)Cn2nc3ccccn3c2=O)C1. The van der Waals surface area contributed by atoms with E-state index in [-0.39, 0.29) is 36.8 Å². The fourth-order valence-electron chi connectivity index (χ4n) is 3.16. The number of fused-ring (bicyclic) bond motifs is 1. The molecule has 2 aromatic heterocycles. The van der Waals surface area contributed by atoms with E-state index in [4.69, 9.17) is 5.11 Å². The van der Waals surface area contributed by atoms with Crippen LogP contribution in [0.15, 0.2) is 29.2 Å². The first-order valence-electron chi connectivity index (χ1n) is 8.27. The number of hydrogen-bond acceptors (Lipinski definition) is 5. The summed E-state index contributed by atoms with van der Waals surface area (Å²) in [7, 11) is 0. The van der Waals surface area contributed by atoms with E-state index in [1.165, 1.54) is 4.40 Å². The molecule has 1 saturated carbocycles. The maximum Gasteiger partial charge on any atom is 0.350 e. The Kier molecular flexibility index (Phi) is 4.84. The lowest BCUT2D eigenvalue weighted by atomic mass is 9.85. The molecular weight excluding hydrogens is 326 g/mol. The zero-order valence-corrected chi connectivity index (χ0v) is 14.0. The van der Waals surface area contributed by atoms with Gasteiger partial charge in [0, 0.05) is 18.3 Å². The highest BCUT2D eigenvalue weighted by Gasteiger charge is 2.34. The van der Waals surface area contributed by atoms with Gasteiger partial charge in [-0.1, -0.05) is 13.0 Å². The second-order valence-corrected chi connectivity index (χ2v) is 6.22. The number of rotatable bonds is 7. The highest BCUT2D eigenvalue weighted by atomic mass is 16.4. The zero-order valence-electron chi connectivity index (χ0n) is 14.0. The van der Waals surface area contributed by atoms with E-state index in [9.17, 15) is 14.4 Å². The fourth-order valence-corrected chi connectivity index (χ4v) is 3.16. The molecule has 0 bridgehead atoms. The molecule has 2 N–H and O–H groups in total. The van der Waals surface area contributed by atoms with Crippen molar-refractivity contribution < 1.29 is 14.7 Å². The van der Waals surface area contributed by atoms with Crippen LogP contribution in [0, 0.1) is 0 Å². The van der Waals surface area contributed by atoms with Crippen LogP contribution < -0.4 is 11.0 Å². The van der Waals surface area contributed by atoms with Gasteiger partial charge in [-0.3, -0.25) is 18.9 Å². The number of carbonyl (C=O) groups is 2. The van der Waals surface area contributed by atoms with Crippen LogP contribution in [0.3, 0.4) is 0 Å².